The van der Waals surface area contributed by atoms with E-state index in [1.165, 1.54) is 6.20 Å². The van der Waals surface area contributed by atoms with E-state index < -0.39 is 5.41 Å². The van der Waals surface area contributed by atoms with E-state index in [0.717, 1.165) is 41.9 Å². The summed E-state index contributed by atoms with van der Waals surface area (Å²) in [5, 5.41) is 3.41. The number of nitrogens with zero attached hydrogens (tertiary/aromatic N) is 4. The maximum atomic E-state index is 14.9. The smallest absolute Gasteiger partial charge is 0.307 e. The third-order valence-corrected chi connectivity index (χ3v) is 7.24. The van der Waals surface area contributed by atoms with Crippen LogP contribution in [-0.2, 0) is 27.9 Å². The van der Waals surface area contributed by atoms with E-state index in [2.05, 4.69) is 27.2 Å². The average Bonchev–Trinajstić information content (AvgIpc) is 3.12. The van der Waals surface area contributed by atoms with Gasteiger partial charge in [0.05, 0.1) is 24.4 Å². The first-order valence-electron chi connectivity index (χ1n) is 12.5. The fourth-order valence-corrected chi connectivity index (χ4v) is 5.44. The molecule has 3 aromatic rings. The highest BCUT2D eigenvalue weighted by Crippen LogP contribution is 2.47. The molecule has 1 aromatic heterocycles. The van der Waals surface area contributed by atoms with Crippen molar-refractivity contribution in [3.8, 4) is 0 Å². The van der Waals surface area contributed by atoms with E-state index in [1.807, 2.05) is 56.0 Å². The number of likely N-dealkylation sites (N-methyl/N-ethyl adjacent to an activating group) is 1. The third kappa shape index (κ3) is 5.13. The molecule has 2 aliphatic rings. The van der Waals surface area contributed by atoms with Crippen LogP contribution in [0.15, 0.2) is 42.6 Å². The fourth-order valence-electron chi connectivity index (χ4n) is 5.25. The highest BCUT2D eigenvalue weighted by molar-refractivity contribution is 6.33. The van der Waals surface area contributed by atoms with Gasteiger partial charge in [-0.15, -0.1) is 0 Å². The molecule has 9 heteroatoms. The molecule has 7 nitrogen and oxygen atoms in total. The number of hydrogen-bond donors (Lipinski definition) is 1. The lowest BCUT2D eigenvalue weighted by atomic mass is 9.81. The van der Waals surface area contributed by atoms with Crippen molar-refractivity contribution >= 4 is 40.7 Å². The molecule has 0 aliphatic carbocycles. The molecule has 3 heterocycles. The number of benzene rings is 2. The largest absolute Gasteiger partial charge is 0.463 e. The van der Waals surface area contributed by atoms with E-state index in [4.69, 9.17) is 16.3 Å². The van der Waals surface area contributed by atoms with Gasteiger partial charge in [-0.2, -0.15) is 4.98 Å². The quantitative estimate of drug-likeness (QED) is 0.412. The summed E-state index contributed by atoms with van der Waals surface area (Å²) in [6, 6.07) is 11.3. The molecule has 0 bridgehead atoms. The Hall–Kier alpha value is -3.23. The predicted molar refractivity (Wildman–Crippen MR) is 143 cm³/mol. The Bertz CT molecular complexity index is 1350. The summed E-state index contributed by atoms with van der Waals surface area (Å²) in [7, 11) is 2.05. The molecular weight excluding hydrogens is 493 g/mol. The molecular formula is C28H31ClFN5O2. The van der Waals surface area contributed by atoms with Gasteiger partial charge in [-0.3, -0.25) is 4.79 Å². The number of hydrogen-bond acceptors (Lipinski definition) is 7. The van der Waals surface area contributed by atoms with Crippen LogP contribution < -0.4 is 10.2 Å². The monoisotopic (exact) mass is 523 g/mol. The van der Waals surface area contributed by atoms with Crippen LogP contribution in [0.1, 0.15) is 43.9 Å². The Balaban J connectivity index is 1.45. The van der Waals surface area contributed by atoms with Gasteiger partial charge in [0.2, 0.25) is 5.95 Å². The van der Waals surface area contributed by atoms with E-state index in [0.29, 0.717) is 23.1 Å². The second kappa shape index (κ2) is 9.91. The zero-order valence-electron chi connectivity index (χ0n) is 21.5. The van der Waals surface area contributed by atoms with Gasteiger partial charge in [-0.25, -0.2) is 9.37 Å². The van der Waals surface area contributed by atoms with Crippen LogP contribution in [0.25, 0.3) is 0 Å². The third-order valence-electron chi connectivity index (χ3n) is 6.97. The number of esters is 1. The molecule has 0 spiro atoms. The first kappa shape index (κ1) is 25.4. The molecule has 5 rings (SSSR count). The van der Waals surface area contributed by atoms with Gasteiger partial charge in [-0.05, 0) is 62.2 Å². The Labute approximate surface area is 221 Å². The second-order valence-electron chi connectivity index (χ2n) is 10.5. The number of rotatable bonds is 6. The normalized spacial score (nSPS) is 19.1. The summed E-state index contributed by atoms with van der Waals surface area (Å²) in [5.41, 5.74) is 3.88. The van der Waals surface area contributed by atoms with Crippen LogP contribution in [0.2, 0.25) is 5.02 Å². The van der Waals surface area contributed by atoms with Crippen LogP contribution >= 0.6 is 11.6 Å². The van der Waals surface area contributed by atoms with Gasteiger partial charge in [0.1, 0.15) is 10.8 Å². The number of para-hydroxylation sites is 1. The van der Waals surface area contributed by atoms with Crippen molar-refractivity contribution in [3.63, 3.8) is 0 Å². The lowest BCUT2D eigenvalue weighted by Crippen LogP contribution is -2.32. The van der Waals surface area contributed by atoms with Crippen LogP contribution in [0.4, 0.5) is 27.5 Å². The zero-order chi connectivity index (χ0) is 26.3. The van der Waals surface area contributed by atoms with Crippen LogP contribution in [0, 0.1) is 5.82 Å². The van der Waals surface area contributed by atoms with Gasteiger partial charge in [-0.1, -0.05) is 36.7 Å². The summed E-state index contributed by atoms with van der Waals surface area (Å²) in [4.78, 5) is 25.8. The van der Waals surface area contributed by atoms with Crippen molar-refractivity contribution in [2.75, 3.05) is 30.4 Å². The number of nitrogens with one attached hydrogen (secondary N) is 1. The van der Waals surface area contributed by atoms with Gasteiger partial charge in [0, 0.05) is 30.7 Å². The molecule has 194 valence electrons. The molecule has 0 fully saturated rings. The number of aromatic nitrogens is 2. The minimum absolute atomic E-state index is 0.182. The van der Waals surface area contributed by atoms with E-state index in [-0.39, 0.29) is 30.3 Å². The van der Waals surface area contributed by atoms with E-state index >= 15 is 0 Å². The molecule has 2 aromatic carbocycles. The second-order valence-corrected chi connectivity index (χ2v) is 10.9. The average molecular weight is 524 g/mol. The van der Waals surface area contributed by atoms with Crippen LogP contribution in [0.3, 0.4) is 0 Å². The van der Waals surface area contributed by atoms with Gasteiger partial charge in [0.25, 0.3) is 0 Å². The van der Waals surface area contributed by atoms with Crippen LogP contribution in [0.5, 0.6) is 0 Å². The number of anilines is 4. The van der Waals surface area contributed by atoms with Crippen molar-refractivity contribution in [2.45, 2.75) is 51.7 Å². The predicted octanol–water partition coefficient (Wildman–Crippen LogP) is 5.75. The Morgan fingerprint density at radius 2 is 2.05 bits per heavy atom. The molecule has 1 atom stereocenters. The number of fused-ring (bicyclic) bond motifs is 2. The SMILES string of the molecule is CC(C)OC(=O)CC1(C)CN(c2nc(Nc3cc4c(cc3F)CCN(C)C4)ncc2Cl)c2ccccc21. The van der Waals surface area contributed by atoms with Crippen molar-refractivity contribution in [1.29, 1.82) is 0 Å². The number of carbonyl (C=O) groups is 1. The summed E-state index contributed by atoms with van der Waals surface area (Å²) in [6.07, 6.45) is 2.38. The minimum atomic E-state index is -0.499. The van der Waals surface area contributed by atoms with E-state index in [9.17, 15) is 9.18 Å². The molecule has 37 heavy (non-hydrogen) atoms. The van der Waals surface area contributed by atoms with E-state index in [1.54, 1.807) is 6.07 Å². The van der Waals surface area contributed by atoms with Crippen LogP contribution in [-0.4, -0.2) is 47.1 Å². The highest BCUT2D eigenvalue weighted by Gasteiger charge is 2.42. The maximum absolute atomic E-state index is 14.9. The summed E-state index contributed by atoms with van der Waals surface area (Å²) >= 11 is 6.59. The van der Waals surface area contributed by atoms with Gasteiger partial charge < -0.3 is 19.9 Å². The zero-order valence-corrected chi connectivity index (χ0v) is 22.3. The number of halogens is 2. The molecule has 0 radical (unpaired) electrons. The fraction of sp³-hybridized carbons (Fsp3) is 0.393. The van der Waals surface area contributed by atoms with Gasteiger partial charge >= 0.3 is 5.97 Å². The summed E-state index contributed by atoms with van der Waals surface area (Å²) in [5.74, 6) is 0.142. The highest BCUT2D eigenvalue weighted by atomic mass is 35.5. The van der Waals surface area contributed by atoms with Crippen molar-refractivity contribution in [2.24, 2.45) is 0 Å². The number of ether oxygens (including phenoxy) is 1. The van der Waals surface area contributed by atoms with Crippen molar-refractivity contribution in [1.82, 2.24) is 14.9 Å². The standard InChI is InChI=1S/C28H31ClFN5O2/c1-17(2)37-25(36)13-28(3)16-35(24-8-6-5-7-20(24)28)26-21(29)14-31-27(33-26)32-23-12-19-15-34(4)10-9-18(19)11-22(23)30/h5-8,11-12,14,17H,9-10,13,15-16H2,1-4H3,(H,31,32,33). The molecule has 0 saturated carbocycles. The lowest BCUT2D eigenvalue weighted by Gasteiger charge is -2.26. The molecule has 1 N–H and O–H groups in total. The summed E-state index contributed by atoms with van der Waals surface area (Å²) in [6.45, 7) is 7.88. The molecule has 2 aliphatic heterocycles. The molecule has 0 saturated heterocycles. The topological polar surface area (TPSA) is 70.6 Å². The maximum Gasteiger partial charge on any atom is 0.307 e. The Kier molecular flexibility index (Phi) is 6.81. The molecule has 0 amide bonds. The lowest BCUT2D eigenvalue weighted by molar-refractivity contribution is -0.148. The minimum Gasteiger partial charge on any atom is -0.463 e. The Morgan fingerprint density at radius 3 is 2.84 bits per heavy atom. The van der Waals surface area contributed by atoms with Gasteiger partial charge in [0.15, 0.2) is 5.82 Å². The summed E-state index contributed by atoms with van der Waals surface area (Å²) < 4.78 is 20.4. The van der Waals surface area contributed by atoms with Crippen molar-refractivity contribution < 1.29 is 13.9 Å². The Morgan fingerprint density at radius 1 is 1.27 bits per heavy atom. The number of carbonyl (C=O) groups excluding carboxylic acids is 1. The first-order valence-corrected chi connectivity index (χ1v) is 12.9. The van der Waals surface area contributed by atoms with Crippen molar-refractivity contribution in [3.05, 3.63) is 70.1 Å². The molecule has 1 unspecified atom stereocenters. The first-order chi connectivity index (χ1) is 17.6.